The lowest BCUT2D eigenvalue weighted by atomic mass is 9.93. The summed E-state index contributed by atoms with van der Waals surface area (Å²) in [6.45, 7) is 7.00. The van der Waals surface area contributed by atoms with E-state index in [0.29, 0.717) is 36.1 Å². The highest BCUT2D eigenvalue weighted by atomic mass is 16.5. The highest BCUT2D eigenvalue weighted by Crippen LogP contribution is 2.39. The Morgan fingerprint density at radius 2 is 1.87 bits per heavy atom. The molecule has 0 saturated heterocycles. The minimum Gasteiger partial charge on any atom is -0.495 e. The van der Waals surface area contributed by atoms with Crippen LogP contribution in [0, 0.1) is 5.92 Å². The van der Waals surface area contributed by atoms with E-state index < -0.39 is 5.54 Å². The summed E-state index contributed by atoms with van der Waals surface area (Å²) in [5, 5.41) is 4.05. The van der Waals surface area contributed by atoms with E-state index in [9.17, 15) is 9.59 Å². The zero-order valence-corrected chi connectivity index (χ0v) is 18.5. The van der Waals surface area contributed by atoms with Crippen LogP contribution in [0.5, 0.6) is 5.75 Å². The first-order valence-corrected chi connectivity index (χ1v) is 10.7. The highest BCUT2D eigenvalue weighted by Gasteiger charge is 2.49. The van der Waals surface area contributed by atoms with Crippen LogP contribution < -0.4 is 15.0 Å². The Morgan fingerprint density at radius 3 is 2.61 bits per heavy atom. The number of ether oxygens (including phenoxy) is 1. The predicted octanol–water partition coefficient (Wildman–Crippen LogP) is 4.23. The molecule has 1 atom stereocenters. The zero-order chi connectivity index (χ0) is 22.2. The van der Waals surface area contributed by atoms with Crippen LogP contribution in [0.2, 0.25) is 0 Å². The van der Waals surface area contributed by atoms with E-state index >= 15 is 0 Å². The van der Waals surface area contributed by atoms with E-state index in [1.165, 1.54) is 0 Å². The first-order chi connectivity index (χ1) is 14.9. The number of para-hydroxylation sites is 3. The van der Waals surface area contributed by atoms with Gasteiger partial charge in [-0.3, -0.25) is 14.5 Å². The summed E-state index contributed by atoms with van der Waals surface area (Å²) < 4.78 is 7.51. The molecule has 1 aromatic heterocycles. The van der Waals surface area contributed by atoms with Gasteiger partial charge in [0, 0.05) is 17.4 Å². The van der Waals surface area contributed by atoms with E-state index in [2.05, 4.69) is 19.2 Å². The van der Waals surface area contributed by atoms with E-state index in [-0.39, 0.29) is 11.8 Å². The van der Waals surface area contributed by atoms with Crippen LogP contribution >= 0.6 is 0 Å². The minimum absolute atomic E-state index is 0.171. The molecule has 162 valence electrons. The molecular formula is C25H29N3O3. The van der Waals surface area contributed by atoms with E-state index in [4.69, 9.17) is 4.74 Å². The van der Waals surface area contributed by atoms with Crippen molar-refractivity contribution in [1.29, 1.82) is 0 Å². The van der Waals surface area contributed by atoms with Crippen molar-refractivity contribution in [2.75, 3.05) is 18.6 Å². The summed E-state index contributed by atoms with van der Waals surface area (Å²) in [5.41, 5.74) is 0.997. The maximum Gasteiger partial charge on any atom is 0.276 e. The average Bonchev–Trinajstić information content (AvgIpc) is 3.12. The number of benzene rings is 2. The molecule has 6 nitrogen and oxygen atoms in total. The van der Waals surface area contributed by atoms with Crippen molar-refractivity contribution < 1.29 is 14.3 Å². The van der Waals surface area contributed by atoms with Gasteiger partial charge >= 0.3 is 0 Å². The van der Waals surface area contributed by atoms with Gasteiger partial charge in [0.15, 0.2) is 0 Å². The van der Waals surface area contributed by atoms with Gasteiger partial charge in [-0.2, -0.15) is 0 Å². The molecule has 3 aromatic rings. The second kappa shape index (κ2) is 8.10. The molecule has 0 saturated carbocycles. The second-order valence-electron chi connectivity index (χ2n) is 8.70. The monoisotopic (exact) mass is 419 g/mol. The average molecular weight is 420 g/mol. The van der Waals surface area contributed by atoms with Gasteiger partial charge in [0.1, 0.15) is 17.0 Å². The molecule has 4 rings (SSSR count). The molecule has 2 heterocycles. The molecule has 6 heteroatoms. The van der Waals surface area contributed by atoms with Gasteiger partial charge in [-0.25, -0.2) is 0 Å². The molecular weight excluding hydrogens is 390 g/mol. The predicted molar refractivity (Wildman–Crippen MR) is 123 cm³/mol. The van der Waals surface area contributed by atoms with Gasteiger partial charge < -0.3 is 14.6 Å². The third kappa shape index (κ3) is 3.56. The molecule has 31 heavy (non-hydrogen) atoms. The fourth-order valence-electron chi connectivity index (χ4n) is 4.30. The molecule has 0 bridgehead atoms. The Balaban J connectivity index is 1.85. The van der Waals surface area contributed by atoms with Crippen LogP contribution in [0.1, 0.15) is 37.7 Å². The van der Waals surface area contributed by atoms with Crippen molar-refractivity contribution in [3.8, 4) is 5.75 Å². The van der Waals surface area contributed by atoms with Crippen LogP contribution in [-0.4, -0.2) is 35.6 Å². The summed E-state index contributed by atoms with van der Waals surface area (Å²) in [4.78, 5) is 29.0. The van der Waals surface area contributed by atoms with Crippen molar-refractivity contribution in [3.05, 3.63) is 60.3 Å². The molecule has 1 aliphatic rings. The number of hydrogen-bond donors (Lipinski definition) is 1. The largest absolute Gasteiger partial charge is 0.495 e. The highest BCUT2D eigenvalue weighted by molar-refractivity contribution is 6.14. The van der Waals surface area contributed by atoms with Gasteiger partial charge in [0.05, 0.1) is 19.3 Å². The summed E-state index contributed by atoms with van der Waals surface area (Å²) >= 11 is 0. The lowest BCUT2D eigenvalue weighted by Crippen LogP contribution is -2.64. The van der Waals surface area contributed by atoms with Crippen LogP contribution in [0.3, 0.4) is 0 Å². The Kier molecular flexibility index (Phi) is 5.48. The van der Waals surface area contributed by atoms with Crippen molar-refractivity contribution in [1.82, 2.24) is 9.88 Å². The quantitative estimate of drug-likeness (QED) is 0.650. The van der Waals surface area contributed by atoms with E-state index in [1.807, 2.05) is 66.1 Å². The van der Waals surface area contributed by atoms with Crippen LogP contribution in [0.4, 0.5) is 5.69 Å². The van der Waals surface area contributed by atoms with E-state index in [1.54, 1.807) is 12.0 Å². The number of carbonyl (C=O) groups excluding carboxylic acids is 2. The van der Waals surface area contributed by atoms with Gasteiger partial charge in [0.2, 0.25) is 5.91 Å². The molecule has 0 spiro atoms. The number of aromatic nitrogens is 1. The number of amides is 2. The fourth-order valence-corrected chi connectivity index (χ4v) is 4.30. The first-order valence-electron chi connectivity index (χ1n) is 10.7. The van der Waals surface area contributed by atoms with Crippen LogP contribution in [-0.2, 0) is 11.3 Å². The number of rotatable bonds is 6. The van der Waals surface area contributed by atoms with Crippen molar-refractivity contribution >= 4 is 28.4 Å². The standard InChI is InChI=1S/C25H29N3O3/c1-17(2)13-14-26-24(30)25(3)16-27-19-10-6-5-9-18(19)15-21(27)23(29)28(25)20-11-7-8-12-22(20)31-4/h5-12,15,17H,13-14,16H2,1-4H3,(H,26,30)/t25-/m0/s1. The van der Waals surface area contributed by atoms with Gasteiger partial charge in [-0.1, -0.05) is 44.2 Å². The Bertz CT molecular complexity index is 1130. The lowest BCUT2D eigenvalue weighted by Gasteiger charge is -2.44. The second-order valence-corrected chi connectivity index (χ2v) is 8.70. The molecule has 0 radical (unpaired) electrons. The summed E-state index contributed by atoms with van der Waals surface area (Å²) in [6.07, 6.45) is 0.877. The van der Waals surface area contributed by atoms with Crippen LogP contribution in [0.25, 0.3) is 10.9 Å². The summed E-state index contributed by atoms with van der Waals surface area (Å²) in [7, 11) is 1.57. The topological polar surface area (TPSA) is 63.6 Å². The third-order valence-corrected chi connectivity index (χ3v) is 6.01. The molecule has 0 unspecified atom stereocenters. The number of nitrogens with one attached hydrogen (secondary N) is 1. The number of hydrogen-bond acceptors (Lipinski definition) is 3. The first kappa shape index (κ1) is 21.0. The van der Waals surface area contributed by atoms with Crippen molar-refractivity contribution in [3.63, 3.8) is 0 Å². The maximum atomic E-state index is 13.8. The van der Waals surface area contributed by atoms with Gasteiger partial charge in [-0.05, 0) is 43.5 Å². The lowest BCUT2D eigenvalue weighted by molar-refractivity contribution is -0.126. The summed E-state index contributed by atoms with van der Waals surface area (Å²) in [6, 6.07) is 17.1. The molecule has 2 aromatic carbocycles. The Labute approximate surface area is 182 Å². The van der Waals surface area contributed by atoms with E-state index in [0.717, 1.165) is 17.3 Å². The van der Waals surface area contributed by atoms with Crippen molar-refractivity contribution in [2.45, 2.75) is 39.3 Å². The Hall–Kier alpha value is -3.28. The smallest absolute Gasteiger partial charge is 0.276 e. The van der Waals surface area contributed by atoms with Crippen molar-refractivity contribution in [2.24, 2.45) is 5.92 Å². The molecule has 1 aliphatic heterocycles. The Morgan fingerprint density at radius 1 is 1.16 bits per heavy atom. The maximum absolute atomic E-state index is 13.8. The minimum atomic E-state index is -1.11. The van der Waals surface area contributed by atoms with Gasteiger partial charge in [-0.15, -0.1) is 0 Å². The number of fused-ring (bicyclic) bond motifs is 3. The normalized spacial score (nSPS) is 18.4. The molecule has 0 fully saturated rings. The summed E-state index contributed by atoms with van der Waals surface area (Å²) in [5.74, 6) is 0.650. The number of methoxy groups -OCH3 is 1. The SMILES string of the molecule is COc1ccccc1N1C(=O)c2cc3ccccc3n2C[C@@]1(C)C(=O)NCCC(C)C. The molecule has 0 aliphatic carbocycles. The fraction of sp³-hybridized carbons (Fsp3) is 0.360. The molecule has 2 amide bonds. The van der Waals surface area contributed by atoms with Crippen LogP contribution in [0.15, 0.2) is 54.6 Å². The molecule has 1 N–H and O–H groups in total. The number of carbonyl (C=O) groups is 2. The third-order valence-electron chi connectivity index (χ3n) is 6.01. The number of anilines is 1. The van der Waals surface area contributed by atoms with Gasteiger partial charge in [0.25, 0.3) is 5.91 Å². The number of nitrogens with zero attached hydrogens (tertiary/aromatic N) is 2. The zero-order valence-electron chi connectivity index (χ0n) is 18.5.